The molecule has 0 amide bonds. The number of aliphatic hydroxyl groups is 1. The quantitative estimate of drug-likeness (QED) is 0.898. The van der Waals surface area contributed by atoms with Crippen LogP contribution in [-0.2, 0) is 12.0 Å². The number of rotatable bonds is 5. The van der Waals surface area contributed by atoms with Crippen LogP contribution in [0, 0.1) is 5.92 Å². The number of ether oxygens (including phenoxy) is 1. The van der Waals surface area contributed by atoms with E-state index in [1.54, 1.807) is 7.11 Å². The van der Waals surface area contributed by atoms with Crippen molar-refractivity contribution in [2.75, 3.05) is 7.11 Å². The molecule has 2 aromatic rings. The van der Waals surface area contributed by atoms with Gasteiger partial charge in [-0.05, 0) is 48.4 Å². The summed E-state index contributed by atoms with van der Waals surface area (Å²) in [4.78, 5) is 0. The second kappa shape index (κ2) is 5.29. The number of hydrogen-bond donors (Lipinski definition) is 1. The third kappa shape index (κ3) is 2.56. The minimum absolute atomic E-state index is 0.371. The zero-order chi connectivity index (χ0) is 14.0. The molecule has 1 N–H and O–H groups in total. The van der Waals surface area contributed by atoms with E-state index in [0.717, 1.165) is 30.6 Å². The van der Waals surface area contributed by atoms with Gasteiger partial charge in [0.05, 0.1) is 12.7 Å². The Labute approximate surface area is 120 Å². The lowest BCUT2D eigenvalue weighted by Gasteiger charge is -2.12. The van der Waals surface area contributed by atoms with E-state index >= 15 is 0 Å². The van der Waals surface area contributed by atoms with E-state index in [4.69, 9.17) is 4.74 Å². The molecule has 0 aliphatic heterocycles. The van der Waals surface area contributed by atoms with Crippen molar-refractivity contribution in [3.05, 3.63) is 65.7 Å². The smallest absolute Gasteiger partial charge is 0.118 e. The highest BCUT2D eigenvalue weighted by Gasteiger charge is 2.53. The summed E-state index contributed by atoms with van der Waals surface area (Å²) < 4.78 is 5.15. The summed E-state index contributed by atoms with van der Waals surface area (Å²) in [6.45, 7) is 0. The topological polar surface area (TPSA) is 29.5 Å². The van der Waals surface area contributed by atoms with Crippen LogP contribution >= 0.6 is 0 Å². The Hall–Kier alpha value is -1.80. The summed E-state index contributed by atoms with van der Waals surface area (Å²) in [5.41, 5.74) is 1.73. The average Bonchev–Trinajstić information content (AvgIpc) is 3.18. The molecule has 1 fully saturated rings. The molecule has 0 aromatic heterocycles. The Kier molecular flexibility index (Phi) is 3.49. The normalized spacial score (nSPS) is 24.4. The van der Waals surface area contributed by atoms with Gasteiger partial charge < -0.3 is 9.84 Å². The van der Waals surface area contributed by atoms with Gasteiger partial charge in [-0.25, -0.2) is 0 Å². The van der Waals surface area contributed by atoms with Gasteiger partial charge in [0.1, 0.15) is 5.75 Å². The molecular weight excluding hydrogens is 248 g/mol. The van der Waals surface area contributed by atoms with Crippen LogP contribution in [0.3, 0.4) is 0 Å². The van der Waals surface area contributed by atoms with Gasteiger partial charge in [-0.2, -0.15) is 0 Å². The van der Waals surface area contributed by atoms with Crippen molar-refractivity contribution in [1.29, 1.82) is 0 Å². The van der Waals surface area contributed by atoms with E-state index in [1.807, 2.05) is 30.3 Å². The minimum Gasteiger partial charge on any atom is -0.497 e. The fraction of sp³-hybridized carbons (Fsp3) is 0.333. The van der Waals surface area contributed by atoms with E-state index in [0.29, 0.717) is 5.92 Å². The zero-order valence-electron chi connectivity index (χ0n) is 11.8. The first-order valence-corrected chi connectivity index (χ1v) is 7.13. The van der Waals surface area contributed by atoms with Crippen LogP contribution in [-0.4, -0.2) is 12.2 Å². The highest BCUT2D eigenvalue weighted by Crippen LogP contribution is 2.54. The van der Waals surface area contributed by atoms with Gasteiger partial charge in [-0.3, -0.25) is 0 Å². The van der Waals surface area contributed by atoms with Crippen molar-refractivity contribution in [3.63, 3.8) is 0 Å². The van der Waals surface area contributed by atoms with Crippen LogP contribution < -0.4 is 4.74 Å². The van der Waals surface area contributed by atoms with E-state index < -0.39 is 5.60 Å². The first kappa shape index (κ1) is 13.2. The Morgan fingerprint density at radius 2 is 1.80 bits per heavy atom. The molecule has 0 saturated heterocycles. The van der Waals surface area contributed by atoms with Crippen LogP contribution in [0.2, 0.25) is 0 Å². The van der Waals surface area contributed by atoms with Gasteiger partial charge in [0, 0.05) is 0 Å². The number of methoxy groups -OCH3 is 1. The summed E-state index contributed by atoms with van der Waals surface area (Å²) in [6.07, 6.45) is 2.93. The maximum Gasteiger partial charge on any atom is 0.118 e. The van der Waals surface area contributed by atoms with Crippen molar-refractivity contribution >= 4 is 0 Å². The van der Waals surface area contributed by atoms with Gasteiger partial charge in [-0.1, -0.05) is 42.5 Å². The molecule has 2 aromatic carbocycles. The zero-order valence-corrected chi connectivity index (χ0v) is 11.8. The predicted molar refractivity (Wildman–Crippen MR) is 79.8 cm³/mol. The SMILES string of the molecule is COc1ccc([C@@]2(O)C[C@@H]2CCc2ccccc2)cc1. The number of hydrogen-bond acceptors (Lipinski definition) is 2. The fourth-order valence-electron chi connectivity index (χ4n) is 2.88. The fourth-order valence-corrected chi connectivity index (χ4v) is 2.88. The van der Waals surface area contributed by atoms with Crippen LogP contribution in [0.1, 0.15) is 24.0 Å². The molecule has 0 radical (unpaired) electrons. The second-order valence-electron chi connectivity index (χ2n) is 5.58. The van der Waals surface area contributed by atoms with Crippen LogP contribution in [0.4, 0.5) is 0 Å². The summed E-state index contributed by atoms with van der Waals surface area (Å²) in [5.74, 6) is 1.20. The summed E-state index contributed by atoms with van der Waals surface area (Å²) in [7, 11) is 1.66. The third-order valence-electron chi connectivity index (χ3n) is 4.29. The molecule has 0 heterocycles. The van der Waals surface area contributed by atoms with Gasteiger partial charge in [-0.15, -0.1) is 0 Å². The minimum atomic E-state index is -0.624. The van der Waals surface area contributed by atoms with Gasteiger partial charge >= 0.3 is 0 Å². The Morgan fingerprint density at radius 3 is 2.45 bits per heavy atom. The van der Waals surface area contributed by atoms with E-state index in [9.17, 15) is 5.11 Å². The average molecular weight is 268 g/mol. The molecule has 3 rings (SSSR count). The van der Waals surface area contributed by atoms with E-state index in [2.05, 4.69) is 24.3 Å². The maximum atomic E-state index is 10.7. The molecule has 20 heavy (non-hydrogen) atoms. The van der Waals surface area contributed by atoms with Crippen molar-refractivity contribution in [1.82, 2.24) is 0 Å². The Bertz CT molecular complexity index is 562. The molecule has 2 atom stereocenters. The molecule has 0 spiro atoms. The second-order valence-corrected chi connectivity index (χ2v) is 5.58. The molecule has 1 aliphatic rings. The van der Waals surface area contributed by atoms with E-state index in [1.165, 1.54) is 5.56 Å². The summed E-state index contributed by atoms with van der Waals surface area (Å²) in [5, 5.41) is 10.7. The lowest BCUT2D eigenvalue weighted by Crippen LogP contribution is -2.09. The highest BCUT2D eigenvalue weighted by atomic mass is 16.5. The molecule has 1 aliphatic carbocycles. The Balaban J connectivity index is 1.61. The molecule has 104 valence electrons. The summed E-state index contributed by atoms with van der Waals surface area (Å²) in [6, 6.07) is 18.2. The van der Waals surface area contributed by atoms with Gasteiger partial charge in [0.2, 0.25) is 0 Å². The lowest BCUT2D eigenvalue weighted by atomic mass is 10.0. The predicted octanol–water partition coefficient (Wildman–Crippen LogP) is 3.54. The van der Waals surface area contributed by atoms with Crippen molar-refractivity contribution in [2.24, 2.45) is 5.92 Å². The largest absolute Gasteiger partial charge is 0.497 e. The first-order valence-electron chi connectivity index (χ1n) is 7.13. The highest BCUT2D eigenvalue weighted by molar-refractivity contribution is 5.35. The van der Waals surface area contributed by atoms with E-state index in [-0.39, 0.29) is 0 Å². The van der Waals surface area contributed by atoms with Crippen LogP contribution in [0.5, 0.6) is 5.75 Å². The molecule has 1 saturated carbocycles. The van der Waals surface area contributed by atoms with Gasteiger partial charge in [0.25, 0.3) is 0 Å². The Morgan fingerprint density at radius 1 is 1.10 bits per heavy atom. The van der Waals surface area contributed by atoms with Crippen molar-refractivity contribution in [3.8, 4) is 5.75 Å². The monoisotopic (exact) mass is 268 g/mol. The molecule has 0 unspecified atom stereocenters. The molecular formula is C18H20O2. The van der Waals surface area contributed by atoms with Crippen LogP contribution in [0.15, 0.2) is 54.6 Å². The molecule has 2 heteroatoms. The number of benzene rings is 2. The number of aryl methyl sites for hydroxylation is 1. The standard InChI is InChI=1S/C18H20O2/c1-20-17-11-9-15(10-12-17)18(19)13-16(18)8-7-14-5-3-2-4-6-14/h2-6,9-12,16,19H,7-8,13H2,1H3/t16-,18-/m0/s1. The molecule has 2 nitrogen and oxygen atoms in total. The lowest BCUT2D eigenvalue weighted by molar-refractivity contribution is 0.129. The maximum absolute atomic E-state index is 10.7. The van der Waals surface area contributed by atoms with Crippen molar-refractivity contribution in [2.45, 2.75) is 24.9 Å². The van der Waals surface area contributed by atoms with Crippen LogP contribution in [0.25, 0.3) is 0 Å². The molecule has 0 bridgehead atoms. The third-order valence-corrected chi connectivity index (χ3v) is 4.29. The summed E-state index contributed by atoms with van der Waals surface area (Å²) >= 11 is 0. The first-order chi connectivity index (χ1) is 9.72. The van der Waals surface area contributed by atoms with Gasteiger partial charge in [0.15, 0.2) is 0 Å². The van der Waals surface area contributed by atoms with Crippen molar-refractivity contribution < 1.29 is 9.84 Å².